The Morgan fingerprint density at radius 1 is 1.40 bits per heavy atom. The quantitative estimate of drug-likeness (QED) is 0.785. The van der Waals surface area contributed by atoms with Crippen LogP contribution in [0.15, 0.2) is 33.5 Å². The van der Waals surface area contributed by atoms with E-state index in [9.17, 15) is 4.79 Å². The highest BCUT2D eigenvalue weighted by molar-refractivity contribution is 9.10. The molecule has 1 aromatic heterocycles. The molecule has 0 unspecified atom stereocenters. The number of nitrogens with one attached hydrogen (secondary N) is 1. The molecule has 0 aliphatic rings. The average Bonchev–Trinajstić information content (AvgIpc) is 2.53. The Kier molecular flexibility index (Phi) is 2.59. The summed E-state index contributed by atoms with van der Waals surface area (Å²) in [4.78, 5) is 11.0. The molecule has 2 aromatic rings. The minimum Gasteiger partial charge on any atom is -0.333 e. The molecule has 0 saturated carbocycles. The molecule has 0 amide bonds. The molecule has 3 N–H and O–H groups in total. The van der Waals surface area contributed by atoms with E-state index >= 15 is 0 Å². The number of nitrogens with two attached hydrogens (primary N) is 1. The van der Waals surface area contributed by atoms with Crippen molar-refractivity contribution in [2.45, 2.75) is 6.42 Å². The highest BCUT2D eigenvalue weighted by Crippen LogP contribution is 2.12. The molecule has 15 heavy (non-hydrogen) atoms. The van der Waals surface area contributed by atoms with Crippen molar-refractivity contribution < 1.29 is 0 Å². The summed E-state index contributed by atoms with van der Waals surface area (Å²) in [6.45, 7) is 0. The lowest BCUT2D eigenvalue weighted by Crippen LogP contribution is -2.26. The molecule has 0 aliphatic heterocycles. The van der Waals surface area contributed by atoms with Crippen LogP contribution in [-0.2, 0) is 6.42 Å². The number of hydrogen-bond acceptors (Lipinski definition) is 3. The highest BCUT2D eigenvalue weighted by atomic mass is 79.9. The van der Waals surface area contributed by atoms with E-state index < -0.39 is 5.69 Å². The van der Waals surface area contributed by atoms with E-state index in [0.29, 0.717) is 12.2 Å². The van der Waals surface area contributed by atoms with Crippen molar-refractivity contribution in [1.29, 1.82) is 0 Å². The molecular weight excluding hydrogens is 260 g/mol. The predicted octanol–water partition coefficient (Wildman–Crippen LogP) is 0.638. The monoisotopic (exact) mass is 268 g/mol. The second-order valence-electron chi connectivity index (χ2n) is 3.12. The molecule has 78 valence electrons. The third kappa shape index (κ3) is 2.10. The van der Waals surface area contributed by atoms with Gasteiger partial charge in [-0.3, -0.25) is 0 Å². The fourth-order valence-electron chi connectivity index (χ4n) is 1.25. The molecule has 6 heteroatoms. The van der Waals surface area contributed by atoms with Gasteiger partial charge in [-0.1, -0.05) is 28.1 Å². The minimum absolute atomic E-state index is 0.401. The zero-order valence-corrected chi connectivity index (χ0v) is 9.36. The molecule has 5 nitrogen and oxygen atoms in total. The fraction of sp³-hybridized carbons (Fsp3) is 0.111. The zero-order chi connectivity index (χ0) is 10.8. The van der Waals surface area contributed by atoms with E-state index in [1.165, 1.54) is 0 Å². The number of hydrogen-bond donors (Lipinski definition) is 2. The molecule has 0 radical (unpaired) electrons. The van der Waals surface area contributed by atoms with Gasteiger partial charge in [0, 0.05) is 10.9 Å². The van der Waals surface area contributed by atoms with Gasteiger partial charge in [-0.25, -0.2) is 9.89 Å². The fourth-order valence-corrected chi connectivity index (χ4v) is 1.51. The number of aromatic nitrogens is 3. The van der Waals surface area contributed by atoms with Crippen LogP contribution in [0.25, 0.3) is 0 Å². The van der Waals surface area contributed by atoms with Crippen LogP contribution in [-0.4, -0.2) is 14.9 Å². The smallest absolute Gasteiger partial charge is 0.333 e. The van der Waals surface area contributed by atoms with Crippen molar-refractivity contribution in [3.63, 3.8) is 0 Å². The lowest BCUT2D eigenvalue weighted by Gasteiger charge is -2.00. The van der Waals surface area contributed by atoms with Gasteiger partial charge in [-0.05, 0) is 17.7 Å². The number of aromatic amines is 1. The first kappa shape index (κ1) is 9.97. The van der Waals surface area contributed by atoms with Crippen molar-refractivity contribution in [2.75, 3.05) is 5.84 Å². The minimum atomic E-state index is -0.401. The Hall–Kier alpha value is -1.56. The average molecular weight is 269 g/mol. The normalized spacial score (nSPS) is 10.5. The van der Waals surface area contributed by atoms with Gasteiger partial charge < -0.3 is 5.84 Å². The number of benzene rings is 1. The van der Waals surface area contributed by atoms with Gasteiger partial charge in [0.25, 0.3) is 0 Å². The van der Waals surface area contributed by atoms with Gasteiger partial charge in [-0.2, -0.15) is 9.77 Å². The van der Waals surface area contributed by atoms with Crippen molar-refractivity contribution in [3.8, 4) is 0 Å². The van der Waals surface area contributed by atoms with E-state index in [1.54, 1.807) is 0 Å². The van der Waals surface area contributed by atoms with Crippen LogP contribution in [0.1, 0.15) is 11.4 Å². The van der Waals surface area contributed by atoms with Crippen molar-refractivity contribution in [3.05, 3.63) is 50.6 Å². The summed E-state index contributed by atoms with van der Waals surface area (Å²) in [7, 11) is 0. The summed E-state index contributed by atoms with van der Waals surface area (Å²) in [5.41, 5.74) is 0.644. The van der Waals surface area contributed by atoms with E-state index in [1.807, 2.05) is 24.3 Å². The summed E-state index contributed by atoms with van der Waals surface area (Å²) in [5, 5.41) is 6.11. The summed E-state index contributed by atoms with van der Waals surface area (Å²) in [5.74, 6) is 6.00. The zero-order valence-electron chi connectivity index (χ0n) is 7.77. The molecule has 0 atom stereocenters. The third-order valence-electron chi connectivity index (χ3n) is 2.05. The Bertz CT molecular complexity index is 514. The van der Waals surface area contributed by atoms with Gasteiger partial charge in [0.1, 0.15) is 0 Å². The molecule has 0 aliphatic carbocycles. The number of rotatable bonds is 2. The second kappa shape index (κ2) is 3.90. The SMILES string of the molecule is Nn1c(Cc2ccc(Br)cc2)n[nH]c1=O. The van der Waals surface area contributed by atoms with Crippen LogP contribution in [0.2, 0.25) is 0 Å². The maximum Gasteiger partial charge on any atom is 0.361 e. The first-order valence-corrected chi connectivity index (χ1v) is 5.12. The molecular formula is C9H9BrN4O. The predicted molar refractivity (Wildman–Crippen MR) is 59.9 cm³/mol. The van der Waals surface area contributed by atoms with Crippen molar-refractivity contribution in [2.24, 2.45) is 0 Å². The van der Waals surface area contributed by atoms with Crippen LogP contribution >= 0.6 is 15.9 Å². The molecule has 0 fully saturated rings. The molecule has 0 spiro atoms. The maximum absolute atomic E-state index is 11.0. The van der Waals surface area contributed by atoms with E-state index in [0.717, 1.165) is 14.7 Å². The molecule has 0 saturated heterocycles. The Balaban J connectivity index is 2.26. The van der Waals surface area contributed by atoms with Gasteiger partial charge in [0.15, 0.2) is 5.82 Å². The molecule has 1 aromatic carbocycles. The highest BCUT2D eigenvalue weighted by Gasteiger charge is 2.05. The van der Waals surface area contributed by atoms with E-state index in [4.69, 9.17) is 5.84 Å². The molecule has 0 bridgehead atoms. The van der Waals surface area contributed by atoms with Crippen molar-refractivity contribution >= 4 is 15.9 Å². The van der Waals surface area contributed by atoms with Gasteiger partial charge >= 0.3 is 5.69 Å². The van der Waals surface area contributed by atoms with Crippen LogP contribution in [0, 0.1) is 0 Å². The topological polar surface area (TPSA) is 76.7 Å². The van der Waals surface area contributed by atoms with Gasteiger partial charge in [0.05, 0.1) is 0 Å². The molecule has 2 rings (SSSR count). The number of H-pyrrole nitrogens is 1. The summed E-state index contributed by atoms with van der Waals surface area (Å²) < 4.78 is 2.03. The number of nitrogen functional groups attached to an aromatic ring is 1. The summed E-state index contributed by atoms with van der Waals surface area (Å²) in [6, 6.07) is 7.76. The molecule has 1 heterocycles. The van der Waals surface area contributed by atoms with Crippen LogP contribution in [0.4, 0.5) is 0 Å². The van der Waals surface area contributed by atoms with Crippen LogP contribution in [0.5, 0.6) is 0 Å². The summed E-state index contributed by atoms with van der Waals surface area (Å²) >= 11 is 3.35. The Morgan fingerprint density at radius 2 is 2.07 bits per heavy atom. The largest absolute Gasteiger partial charge is 0.361 e. The van der Waals surface area contributed by atoms with Gasteiger partial charge in [0.2, 0.25) is 0 Å². The van der Waals surface area contributed by atoms with Crippen LogP contribution in [0.3, 0.4) is 0 Å². The lowest BCUT2D eigenvalue weighted by molar-refractivity contribution is 0.855. The Labute approximate surface area is 94.0 Å². The van der Waals surface area contributed by atoms with E-state index in [-0.39, 0.29) is 0 Å². The standard InChI is InChI=1S/C9H9BrN4O/c10-7-3-1-6(2-4-7)5-8-12-13-9(15)14(8)11/h1-4H,5,11H2,(H,13,15). The first-order chi connectivity index (χ1) is 7.16. The van der Waals surface area contributed by atoms with Crippen LogP contribution < -0.4 is 11.5 Å². The maximum atomic E-state index is 11.0. The Morgan fingerprint density at radius 3 is 2.60 bits per heavy atom. The van der Waals surface area contributed by atoms with E-state index in [2.05, 4.69) is 26.1 Å². The summed E-state index contributed by atoms with van der Waals surface area (Å²) in [6.07, 6.45) is 0.530. The second-order valence-corrected chi connectivity index (χ2v) is 4.03. The lowest BCUT2D eigenvalue weighted by atomic mass is 10.1. The number of nitrogens with zero attached hydrogens (tertiary/aromatic N) is 2. The third-order valence-corrected chi connectivity index (χ3v) is 2.58. The van der Waals surface area contributed by atoms with Crippen molar-refractivity contribution in [1.82, 2.24) is 14.9 Å². The number of halogens is 1. The first-order valence-electron chi connectivity index (χ1n) is 4.32. The van der Waals surface area contributed by atoms with Gasteiger partial charge in [-0.15, -0.1) is 0 Å².